The van der Waals surface area contributed by atoms with E-state index in [1.165, 1.54) is 11.1 Å². The lowest BCUT2D eigenvalue weighted by Gasteiger charge is -2.40. The molecule has 1 fully saturated rings. The Morgan fingerprint density at radius 1 is 0.618 bits per heavy atom. The second-order valence-corrected chi connectivity index (χ2v) is 8.57. The Morgan fingerprint density at radius 2 is 1.21 bits per heavy atom. The standard InChI is InChI=1S/C28H26N6/c1-4-10-22(11-5-1)26(23-12-6-2-7-13-23)32-16-18-33(19-17-32)27-25-28(30-20-29-27)34(21-31-25)24-14-8-3-9-15-24/h1-15,20-21,26H,16-19H2. The lowest BCUT2D eigenvalue weighted by atomic mass is 9.96. The quantitative estimate of drug-likeness (QED) is 0.391. The van der Waals surface area contributed by atoms with Crippen molar-refractivity contribution in [2.75, 3.05) is 31.1 Å². The van der Waals surface area contributed by atoms with E-state index < -0.39 is 0 Å². The molecular weight excluding hydrogens is 420 g/mol. The number of imidazole rings is 1. The van der Waals surface area contributed by atoms with Gasteiger partial charge in [-0.05, 0) is 23.3 Å². The summed E-state index contributed by atoms with van der Waals surface area (Å²) in [6.07, 6.45) is 3.50. The van der Waals surface area contributed by atoms with Gasteiger partial charge >= 0.3 is 0 Å². The molecule has 5 aromatic rings. The molecular formula is C28H26N6. The van der Waals surface area contributed by atoms with E-state index in [4.69, 9.17) is 4.98 Å². The molecule has 0 amide bonds. The molecule has 0 saturated carbocycles. The number of hydrogen-bond acceptors (Lipinski definition) is 5. The first-order chi connectivity index (χ1) is 16.9. The molecule has 0 bridgehead atoms. The van der Waals surface area contributed by atoms with Crippen LogP contribution in [0.15, 0.2) is 104 Å². The Labute approximate surface area is 199 Å². The minimum atomic E-state index is 0.243. The van der Waals surface area contributed by atoms with Gasteiger partial charge in [0.05, 0.1) is 6.04 Å². The summed E-state index contributed by atoms with van der Waals surface area (Å²) in [6.45, 7) is 3.67. The smallest absolute Gasteiger partial charge is 0.170 e. The maximum absolute atomic E-state index is 4.70. The lowest BCUT2D eigenvalue weighted by molar-refractivity contribution is 0.212. The zero-order chi connectivity index (χ0) is 22.7. The Hall–Kier alpha value is -4.03. The van der Waals surface area contributed by atoms with E-state index in [9.17, 15) is 0 Å². The first kappa shape index (κ1) is 20.6. The van der Waals surface area contributed by atoms with Crippen molar-refractivity contribution in [3.05, 3.63) is 115 Å². The summed E-state index contributed by atoms with van der Waals surface area (Å²) < 4.78 is 2.03. The zero-order valence-corrected chi connectivity index (χ0v) is 18.9. The number of benzene rings is 3. The molecule has 0 aliphatic carbocycles. The maximum atomic E-state index is 4.70. The average Bonchev–Trinajstić information content (AvgIpc) is 3.36. The van der Waals surface area contributed by atoms with Gasteiger partial charge in [0.1, 0.15) is 12.7 Å². The van der Waals surface area contributed by atoms with Gasteiger partial charge in [-0.2, -0.15) is 0 Å². The lowest BCUT2D eigenvalue weighted by Crippen LogP contribution is -2.48. The summed E-state index contributed by atoms with van der Waals surface area (Å²) in [5.74, 6) is 0.912. The van der Waals surface area contributed by atoms with Crippen LogP contribution < -0.4 is 4.90 Å². The SMILES string of the molecule is c1ccc(C(c2ccccc2)N2CCN(c3ncnc4c3ncn4-c3ccccc3)CC2)cc1. The number of fused-ring (bicyclic) bond motifs is 1. The number of piperazine rings is 1. The van der Waals surface area contributed by atoms with Crippen molar-refractivity contribution in [3.8, 4) is 5.69 Å². The Kier molecular flexibility index (Phi) is 5.49. The zero-order valence-electron chi connectivity index (χ0n) is 18.9. The number of hydrogen-bond donors (Lipinski definition) is 0. The molecule has 2 aromatic heterocycles. The monoisotopic (exact) mass is 446 g/mol. The van der Waals surface area contributed by atoms with E-state index >= 15 is 0 Å². The highest BCUT2D eigenvalue weighted by atomic mass is 15.3. The normalized spacial score (nSPS) is 14.7. The van der Waals surface area contributed by atoms with Gasteiger partial charge in [0.15, 0.2) is 17.0 Å². The van der Waals surface area contributed by atoms with Gasteiger partial charge < -0.3 is 4.90 Å². The van der Waals surface area contributed by atoms with Gasteiger partial charge in [-0.1, -0.05) is 78.9 Å². The average molecular weight is 447 g/mol. The summed E-state index contributed by atoms with van der Waals surface area (Å²) in [6, 6.07) is 32.0. The third-order valence-corrected chi connectivity index (χ3v) is 6.56. The molecule has 6 rings (SSSR count). The van der Waals surface area contributed by atoms with Crippen molar-refractivity contribution >= 4 is 17.0 Å². The highest BCUT2D eigenvalue weighted by Gasteiger charge is 2.28. The largest absolute Gasteiger partial charge is 0.352 e. The molecule has 0 radical (unpaired) electrons. The Morgan fingerprint density at radius 3 is 1.82 bits per heavy atom. The predicted molar refractivity (Wildman–Crippen MR) is 135 cm³/mol. The number of nitrogens with zero attached hydrogens (tertiary/aromatic N) is 6. The van der Waals surface area contributed by atoms with E-state index in [2.05, 4.69) is 92.6 Å². The number of anilines is 1. The summed E-state index contributed by atoms with van der Waals surface area (Å²) >= 11 is 0. The molecule has 0 atom stereocenters. The van der Waals surface area contributed by atoms with Gasteiger partial charge in [-0.3, -0.25) is 9.47 Å². The van der Waals surface area contributed by atoms with Gasteiger partial charge in [0.2, 0.25) is 0 Å². The van der Waals surface area contributed by atoms with Crippen LogP contribution in [0.3, 0.4) is 0 Å². The Bertz CT molecular complexity index is 1320. The molecule has 1 aliphatic heterocycles. The van der Waals surface area contributed by atoms with Crippen LogP contribution in [-0.2, 0) is 0 Å². The summed E-state index contributed by atoms with van der Waals surface area (Å²) in [5.41, 5.74) is 5.39. The van der Waals surface area contributed by atoms with Gasteiger partial charge in [-0.25, -0.2) is 15.0 Å². The molecule has 0 N–H and O–H groups in total. The second-order valence-electron chi connectivity index (χ2n) is 8.57. The van der Waals surface area contributed by atoms with Crippen molar-refractivity contribution < 1.29 is 0 Å². The first-order valence-corrected chi connectivity index (χ1v) is 11.7. The molecule has 6 nitrogen and oxygen atoms in total. The molecule has 6 heteroatoms. The van der Waals surface area contributed by atoms with Crippen LogP contribution in [0, 0.1) is 0 Å². The molecule has 1 aliphatic rings. The molecule has 1 saturated heterocycles. The van der Waals surface area contributed by atoms with Crippen LogP contribution in [0.5, 0.6) is 0 Å². The summed E-state index contributed by atoms with van der Waals surface area (Å²) in [5, 5.41) is 0. The molecule has 168 valence electrons. The molecule has 34 heavy (non-hydrogen) atoms. The van der Waals surface area contributed by atoms with E-state index in [0.29, 0.717) is 0 Å². The third-order valence-electron chi connectivity index (χ3n) is 6.56. The van der Waals surface area contributed by atoms with E-state index in [-0.39, 0.29) is 6.04 Å². The second kappa shape index (κ2) is 9.08. The van der Waals surface area contributed by atoms with Gasteiger partial charge in [0, 0.05) is 31.9 Å². The highest BCUT2D eigenvalue weighted by molar-refractivity contribution is 5.84. The van der Waals surface area contributed by atoms with Crippen molar-refractivity contribution in [2.24, 2.45) is 0 Å². The van der Waals surface area contributed by atoms with Gasteiger partial charge in [0.25, 0.3) is 0 Å². The minimum absolute atomic E-state index is 0.243. The van der Waals surface area contributed by atoms with Gasteiger partial charge in [-0.15, -0.1) is 0 Å². The van der Waals surface area contributed by atoms with Crippen molar-refractivity contribution in [2.45, 2.75) is 6.04 Å². The topological polar surface area (TPSA) is 50.1 Å². The highest BCUT2D eigenvalue weighted by Crippen LogP contribution is 2.31. The first-order valence-electron chi connectivity index (χ1n) is 11.7. The fourth-order valence-electron chi connectivity index (χ4n) is 4.91. The van der Waals surface area contributed by atoms with E-state index in [0.717, 1.165) is 48.8 Å². The maximum Gasteiger partial charge on any atom is 0.170 e. The fourth-order valence-corrected chi connectivity index (χ4v) is 4.91. The molecule has 0 unspecified atom stereocenters. The molecule has 3 aromatic carbocycles. The van der Waals surface area contributed by atoms with Crippen LogP contribution in [0.25, 0.3) is 16.9 Å². The van der Waals surface area contributed by atoms with Crippen molar-refractivity contribution in [1.29, 1.82) is 0 Å². The third kappa shape index (κ3) is 3.82. The number of para-hydroxylation sites is 1. The minimum Gasteiger partial charge on any atom is -0.352 e. The van der Waals surface area contributed by atoms with Crippen LogP contribution in [0.2, 0.25) is 0 Å². The van der Waals surface area contributed by atoms with Crippen molar-refractivity contribution in [3.63, 3.8) is 0 Å². The van der Waals surface area contributed by atoms with E-state index in [1.54, 1.807) is 6.33 Å². The van der Waals surface area contributed by atoms with Crippen LogP contribution in [0.4, 0.5) is 5.82 Å². The van der Waals surface area contributed by atoms with Crippen molar-refractivity contribution in [1.82, 2.24) is 24.4 Å². The molecule has 3 heterocycles. The predicted octanol–water partition coefficient (Wildman–Crippen LogP) is 4.73. The Balaban J connectivity index is 1.27. The summed E-state index contributed by atoms with van der Waals surface area (Å²) in [7, 11) is 0. The van der Waals surface area contributed by atoms with Crippen LogP contribution in [0.1, 0.15) is 17.2 Å². The van der Waals surface area contributed by atoms with Crippen LogP contribution >= 0.6 is 0 Å². The van der Waals surface area contributed by atoms with Crippen LogP contribution in [-0.4, -0.2) is 50.6 Å². The number of aromatic nitrogens is 4. The number of rotatable bonds is 5. The summed E-state index contributed by atoms with van der Waals surface area (Å²) in [4.78, 5) is 18.8. The van der Waals surface area contributed by atoms with E-state index in [1.807, 2.05) is 29.1 Å². The fraction of sp³-hybridized carbons (Fsp3) is 0.179. The molecule has 0 spiro atoms.